The first-order chi connectivity index (χ1) is 5.65. The number of hydrogen-bond donors (Lipinski definition) is 1. The van der Waals surface area contributed by atoms with E-state index in [9.17, 15) is 9.59 Å². The molecule has 1 aromatic rings. The molecule has 0 bridgehead atoms. The fourth-order valence-electron chi connectivity index (χ4n) is 0.676. The van der Waals surface area contributed by atoms with Crippen molar-refractivity contribution in [1.29, 1.82) is 5.26 Å². The van der Waals surface area contributed by atoms with Crippen LogP contribution in [-0.4, -0.2) is 9.55 Å². The van der Waals surface area contributed by atoms with Gasteiger partial charge in [0.1, 0.15) is 11.6 Å². The molecule has 0 aliphatic carbocycles. The quantitative estimate of drug-likeness (QED) is 0.653. The minimum Gasteiger partial charge on any atom is -0.285 e. The lowest BCUT2D eigenvalue weighted by molar-refractivity contribution is 0.744. The number of nitriles is 1. The molecule has 6 heteroatoms. The lowest BCUT2D eigenvalue weighted by Gasteiger charge is -1.96. The SMILES string of the molecule is N#CCn1cc(Cl)c(=O)[nH]c1=O. The summed E-state index contributed by atoms with van der Waals surface area (Å²) in [5.74, 6) is 0. The summed E-state index contributed by atoms with van der Waals surface area (Å²) in [4.78, 5) is 23.6. The number of hydrogen-bond acceptors (Lipinski definition) is 3. The average molecular weight is 186 g/mol. The molecule has 0 radical (unpaired) electrons. The molecule has 1 heterocycles. The number of halogens is 1. The first kappa shape index (κ1) is 8.56. The zero-order chi connectivity index (χ0) is 9.14. The first-order valence-electron chi connectivity index (χ1n) is 3.01. The fraction of sp³-hybridized carbons (Fsp3) is 0.167. The van der Waals surface area contributed by atoms with Gasteiger partial charge in [0.25, 0.3) is 5.56 Å². The highest BCUT2D eigenvalue weighted by atomic mass is 35.5. The molecule has 0 unspecified atom stereocenters. The number of rotatable bonds is 1. The van der Waals surface area contributed by atoms with E-state index in [0.717, 1.165) is 10.8 Å². The van der Waals surface area contributed by atoms with Crippen LogP contribution in [0.5, 0.6) is 0 Å². The van der Waals surface area contributed by atoms with E-state index >= 15 is 0 Å². The van der Waals surface area contributed by atoms with Crippen LogP contribution in [0.1, 0.15) is 0 Å². The normalized spacial score (nSPS) is 9.33. The molecule has 0 aliphatic heterocycles. The number of nitrogens with zero attached hydrogens (tertiary/aromatic N) is 2. The van der Waals surface area contributed by atoms with Crippen molar-refractivity contribution < 1.29 is 0 Å². The van der Waals surface area contributed by atoms with Crippen LogP contribution in [0.2, 0.25) is 5.02 Å². The molecular formula is C6H4ClN3O2. The predicted octanol–water partition coefficient (Wildman–Crippen LogP) is -0.286. The van der Waals surface area contributed by atoms with Crippen molar-refractivity contribution in [2.45, 2.75) is 6.54 Å². The van der Waals surface area contributed by atoms with Gasteiger partial charge in [-0.2, -0.15) is 5.26 Å². The van der Waals surface area contributed by atoms with Crippen molar-refractivity contribution in [2.24, 2.45) is 0 Å². The summed E-state index contributed by atoms with van der Waals surface area (Å²) >= 11 is 5.41. The van der Waals surface area contributed by atoms with Crippen LogP contribution in [-0.2, 0) is 6.54 Å². The van der Waals surface area contributed by atoms with Gasteiger partial charge in [0, 0.05) is 6.20 Å². The van der Waals surface area contributed by atoms with Crippen LogP contribution < -0.4 is 11.2 Å². The van der Waals surface area contributed by atoms with Gasteiger partial charge in [0.2, 0.25) is 0 Å². The Morgan fingerprint density at radius 3 is 2.92 bits per heavy atom. The third-order valence-electron chi connectivity index (χ3n) is 1.21. The maximum Gasteiger partial charge on any atom is 0.329 e. The summed E-state index contributed by atoms with van der Waals surface area (Å²) in [6.07, 6.45) is 1.13. The predicted molar refractivity (Wildman–Crippen MR) is 41.9 cm³/mol. The van der Waals surface area contributed by atoms with Crippen molar-refractivity contribution in [3.8, 4) is 6.07 Å². The third-order valence-corrected chi connectivity index (χ3v) is 1.48. The summed E-state index contributed by atoms with van der Waals surface area (Å²) in [7, 11) is 0. The number of nitrogens with one attached hydrogen (secondary N) is 1. The molecule has 0 saturated carbocycles. The van der Waals surface area contributed by atoms with Gasteiger partial charge in [0.05, 0.1) is 6.07 Å². The molecule has 5 nitrogen and oxygen atoms in total. The van der Waals surface area contributed by atoms with E-state index in [4.69, 9.17) is 16.9 Å². The molecule has 0 spiro atoms. The first-order valence-corrected chi connectivity index (χ1v) is 3.39. The van der Waals surface area contributed by atoms with E-state index in [1.165, 1.54) is 0 Å². The van der Waals surface area contributed by atoms with Gasteiger partial charge in [-0.1, -0.05) is 11.6 Å². The number of aromatic nitrogens is 2. The molecule has 0 aliphatic rings. The zero-order valence-electron chi connectivity index (χ0n) is 5.87. The average Bonchev–Trinajstić information content (AvgIpc) is 2.01. The Kier molecular flexibility index (Phi) is 2.31. The van der Waals surface area contributed by atoms with Crippen LogP contribution in [0.15, 0.2) is 15.8 Å². The topological polar surface area (TPSA) is 78.7 Å². The van der Waals surface area contributed by atoms with E-state index in [0.29, 0.717) is 0 Å². The Hall–Kier alpha value is -1.54. The molecule has 0 aromatic carbocycles. The van der Waals surface area contributed by atoms with Crippen LogP contribution >= 0.6 is 11.6 Å². The van der Waals surface area contributed by atoms with Gasteiger partial charge in [-0.25, -0.2) is 4.79 Å². The summed E-state index contributed by atoms with van der Waals surface area (Å²) in [6.45, 7) is -0.130. The molecule has 0 fully saturated rings. The minimum atomic E-state index is -0.643. The summed E-state index contributed by atoms with van der Waals surface area (Å²) in [5, 5.41) is 8.15. The Bertz CT molecular complexity index is 439. The van der Waals surface area contributed by atoms with Crippen LogP contribution in [0.3, 0.4) is 0 Å². The monoisotopic (exact) mass is 185 g/mol. The number of H-pyrrole nitrogens is 1. The lowest BCUT2D eigenvalue weighted by atomic mass is 10.6. The zero-order valence-corrected chi connectivity index (χ0v) is 6.63. The summed E-state index contributed by atoms with van der Waals surface area (Å²) in [5.41, 5.74) is -1.28. The van der Waals surface area contributed by atoms with E-state index in [-0.39, 0.29) is 11.6 Å². The van der Waals surface area contributed by atoms with Crippen molar-refractivity contribution in [1.82, 2.24) is 9.55 Å². The van der Waals surface area contributed by atoms with Crippen LogP contribution in [0, 0.1) is 11.3 Å². The van der Waals surface area contributed by atoms with Gasteiger partial charge in [-0.05, 0) is 0 Å². The van der Waals surface area contributed by atoms with E-state index in [2.05, 4.69) is 0 Å². The standard InChI is InChI=1S/C6H4ClN3O2/c7-4-3-10(2-1-8)6(12)9-5(4)11/h3H,2H2,(H,9,11,12). The maximum absolute atomic E-state index is 10.9. The van der Waals surface area contributed by atoms with Crippen molar-refractivity contribution in [3.05, 3.63) is 32.1 Å². The Labute approximate surface area is 71.8 Å². The summed E-state index contributed by atoms with van der Waals surface area (Å²) < 4.78 is 1.02. The molecule has 1 aromatic heterocycles. The molecular weight excluding hydrogens is 182 g/mol. The van der Waals surface area contributed by atoms with E-state index in [1.54, 1.807) is 6.07 Å². The molecule has 12 heavy (non-hydrogen) atoms. The third kappa shape index (κ3) is 1.54. The van der Waals surface area contributed by atoms with E-state index < -0.39 is 11.2 Å². The highest BCUT2D eigenvalue weighted by Gasteiger charge is 2.00. The highest BCUT2D eigenvalue weighted by Crippen LogP contribution is 1.94. The number of aromatic amines is 1. The molecule has 0 amide bonds. The van der Waals surface area contributed by atoms with Gasteiger partial charge in [-0.15, -0.1) is 0 Å². The Morgan fingerprint density at radius 2 is 2.33 bits per heavy atom. The van der Waals surface area contributed by atoms with Gasteiger partial charge >= 0.3 is 5.69 Å². The van der Waals surface area contributed by atoms with E-state index in [1.807, 2.05) is 4.98 Å². The Morgan fingerprint density at radius 1 is 1.67 bits per heavy atom. The van der Waals surface area contributed by atoms with Gasteiger partial charge < -0.3 is 0 Å². The molecule has 0 saturated heterocycles. The second-order valence-corrected chi connectivity index (χ2v) is 2.43. The molecule has 0 atom stereocenters. The van der Waals surface area contributed by atoms with Crippen LogP contribution in [0.25, 0.3) is 0 Å². The molecule has 1 N–H and O–H groups in total. The largest absolute Gasteiger partial charge is 0.329 e. The molecule has 62 valence electrons. The fourth-order valence-corrected chi connectivity index (χ4v) is 0.841. The maximum atomic E-state index is 10.9. The molecule has 1 rings (SSSR count). The summed E-state index contributed by atoms with van der Waals surface area (Å²) in [6, 6.07) is 1.75. The second-order valence-electron chi connectivity index (χ2n) is 2.02. The van der Waals surface area contributed by atoms with Gasteiger partial charge in [-0.3, -0.25) is 14.3 Å². The van der Waals surface area contributed by atoms with Crippen molar-refractivity contribution in [2.75, 3.05) is 0 Å². The highest BCUT2D eigenvalue weighted by molar-refractivity contribution is 6.30. The van der Waals surface area contributed by atoms with Crippen LogP contribution in [0.4, 0.5) is 0 Å². The lowest BCUT2D eigenvalue weighted by Crippen LogP contribution is -2.29. The second kappa shape index (κ2) is 3.24. The van der Waals surface area contributed by atoms with Gasteiger partial charge in [0.15, 0.2) is 0 Å². The smallest absolute Gasteiger partial charge is 0.285 e. The van der Waals surface area contributed by atoms with Crippen molar-refractivity contribution in [3.63, 3.8) is 0 Å². The Balaban J connectivity index is 3.35. The minimum absolute atomic E-state index is 0.107. The van der Waals surface area contributed by atoms with Crippen molar-refractivity contribution >= 4 is 11.6 Å².